The van der Waals surface area contributed by atoms with Crippen LogP contribution in [0.2, 0.25) is 0 Å². The number of amides is 1. The minimum absolute atomic E-state index is 0.0819. The summed E-state index contributed by atoms with van der Waals surface area (Å²) in [5, 5.41) is 12.2. The number of aromatic amines is 1. The third-order valence-electron chi connectivity index (χ3n) is 4.17. The van der Waals surface area contributed by atoms with Crippen LogP contribution >= 0.6 is 0 Å². The van der Waals surface area contributed by atoms with Gasteiger partial charge in [0.25, 0.3) is 5.56 Å². The number of hydrogen-bond acceptors (Lipinski definition) is 7. The molecule has 0 spiro atoms. The molecule has 0 aromatic carbocycles. The number of H-pyrrole nitrogens is 1. The fourth-order valence-corrected chi connectivity index (χ4v) is 2.74. The van der Waals surface area contributed by atoms with Crippen molar-refractivity contribution < 1.29 is 14.6 Å². The molecule has 0 unspecified atom stereocenters. The fraction of sp³-hybridized carbons (Fsp3) is 0.412. The van der Waals surface area contributed by atoms with Gasteiger partial charge in [-0.3, -0.25) is 14.6 Å². The molecule has 1 saturated heterocycles. The van der Waals surface area contributed by atoms with E-state index in [1.54, 1.807) is 13.0 Å². The highest BCUT2D eigenvalue weighted by molar-refractivity contribution is 5.91. The normalized spacial score (nSPS) is 14.3. The number of nitrogens with one attached hydrogen (secondary N) is 2. The summed E-state index contributed by atoms with van der Waals surface area (Å²) >= 11 is 0. The summed E-state index contributed by atoms with van der Waals surface area (Å²) in [5.41, 5.74) is 0.832. The number of nitrogens with zero attached hydrogens (tertiary/aromatic N) is 3. The van der Waals surface area contributed by atoms with Crippen molar-refractivity contribution in [1.29, 1.82) is 0 Å². The van der Waals surface area contributed by atoms with Gasteiger partial charge in [0.15, 0.2) is 11.6 Å². The Morgan fingerprint density at radius 2 is 2.19 bits per heavy atom. The molecule has 3 heterocycles. The summed E-state index contributed by atoms with van der Waals surface area (Å²) in [4.78, 5) is 37.6. The summed E-state index contributed by atoms with van der Waals surface area (Å²) in [6.45, 7) is 4.32. The second-order valence-electron chi connectivity index (χ2n) is 5.97. The summed E-state index contributed by atoms with van der Waals surface area (Å²) in [7, 11) is 0. The minimum Gasteiger partial charge on any atom is -0.504 e. The van der Waals surface area contributed by atoms with E-state index in [9.17, 15) is 14.7 Å². The molecule has 26 heavy (non-hydrogen) atoms. The molecule has 2 aromatic heterocycles. The highest BCUT2D eigenvalue weighted by Gasteiger charge is 2.17. The Morgan fingerprint density at radius 3 is 2.88 bits per heavy atom. The van der Waals surface area contributed by atoms with Crippen LogP contribution in [0.4, 0.5) is 11.8 Å². The van der Waals surface area contributed by atoms with Crippen molar-refractivity contribution in [2.24, 2.45) is 0 Å². The van der Waals surface area contributed by atoms with Crippen LogP contribution in [0, 0.1) is 6.92 Å². The Morgan fingerprint density at radius 1 is 1.42 bits per heavy atom. The second-order valence-corrected chi connectivity index (χ2v) is 5.97. The zero-order valence-corrected chi connectivity index (χ0v) is 14.5. The Bertz CT molecular complexity index is 845. The molecule has 3 N–H and O–H groups in total. The summed E-state index contributed by atoms with van der Waals surface area (Å²) < 4.78 is 5.30. The van der Waals surface area contributed by atoms with Crippen LogP contribution in [0.1, 0.15) is 17.7 Å². The maximum atomic E-state index is 12.4. The lowest BCUT2D eigenvalue weighted by Gasteiger charge is -2.27. The number of anilines is 2. The predicted molar refractivity (Wildman–Crippen MR) is 95.5 cm³/mol. The molecule has 138 valence electrons. The summed E-state index contributed by atoms with van der Waals surface area (Å²) in [6.07, 6.45) is 1.80. The fourth-order valence-electron chi connectivity index (χ4n) is 2.74. The van der Waals surface area contributed by atoms with Crippen LogP contribution in [-0.4, -0.2) is 52.3 Å². The monoisotopic (exact) mass is 359 g/mol. The largest absolute Gasteiger partial charge is 0.504 e. The van der Waals surface area contributed by atoms with Crippen LogP contribution in [-0.2, 0) is 16.0 Å². The van der Waals surface area contributed by atoms with E-state index in [1.165, 1.54) is 12.3 Å². The average Bonchev–Trinajstić information content (AvgIpc) is 2.63. The van der Waals surface area contributed by atoms with Gasteiger partial charge in [0.1, 0.15) is 0 Å². The molecule has 2 aromatic rings. The topological polar surface area (TPSA) is 120 Å². The highest BCUT2D eigenvalue weighted by atomic mass is 16.5. The Balaban J connectivity index is 1.65. The molecule has 0 saturated carbocycles. The van der Waals surface area contributed by atoms with E-state index < -0.39 is 0 Å². The van der Waals surface area contributed by atoms with E-state index in [-0.39, 0.29) is 35.9 Å². The number of morpholine rings is 1. The van der Waals surface area contributed by atoms with E-state index in [4.69, 9.17) is 4.74 Å². The number of rotatable bonds is 5. The Labute approximate surface area is 150 Å². The molecule has 1 aliphatic rings. The number of aromatic hydroxyl groups is 1. The van der Waals surface area contributed by atoms with Gasteiger partial charge in [0, 0.05) is 37.0 Å². The van der Waals surface area contributed by atoms with Gasteiger partial charge in [-0.2, -0.15) is 0 Å². The zero-order valence-electron chi connectivity index (χ0n) is 14.5. The van der Waals surface area contributed by atoms with Gasteiger partial charge in [-0.05, 0) is 25.5 Å². The van der Waals surface area contributed by atoms with Crippen LogP contribution in [0.15, 0.2) is 23.1 Å². The number of pyridine rings is 1. The number of carbonyl (C=O) groups excluding carboxylic acids is 1. The molecule has 9 nitrogen and oxygen atoms in total. The average molecular weight is 359 g/mol. The molecule has 1 aliphatic heterocycles. The molecule has 0 bridgehead atoms. The molecule has 1 amide bonds. The maximum absolute atomic E-state index is 12.4. The SMILES string of the molecule is Cc1nc(N2CCOCC2)[nH]c(=O)c1CCC(=O)Nc1ncccc1O. The van der Waals surface area contributed by atoms with Crippen molar-refractivity contribution in [3.05, 3.63) is 39.9 Å². The van der Waals surface area contributed by atoms with Crippen LogP contribution < -0.4 is 15.8 Å². The predicted octanol–water partition coefficient (Wildman–Crippen LogP) is 0.587. The van der Waals surface area contributed by atoms with Gasteiger partial charge >= 0.3 is 0 Å². The summed E-state index contributed by atoms with van der Waals surface area (Å²) in [5.74, 6) is 0.188. The van der Waals surface area contributed by atoms with Gasteiger partial charge in [-0.1, -0.05) is 0 Å². The molecule has 1 fully saturated rings. The number of aromatic nitrogens is 3. The van der Waals surface area contributed by atoms with Crippen molar-refractivity contribution in [2.45, 2.75) is 19.8 Å². The Kier molecular flexibility index (Phi) is 5.47. The van der Waals surface area contributed by atoms with E-state index in [0.29, 0.717) is 43.5 Å². The van der Waals surface area contributed by atoms with Gasteiger partial charge in [0.2, 0.25) is 11.9 Å². The lowest BCUT2D eigenvalue weighted by molar-refractivity contribution is -0.116. The lowest BCUT2D eigenvalue weighted by Crippen LogP contribution is -2.38. The van der Waals surface area contributed by atoms with E-state index in [0.717, 1.165) is 0 Å². The lowest BCUT2D eigenvalue weighted by atomic mass is 10.1. The maximum Gasteiger partial charge on any atom is 0.255 e. The minimum atomic E-state index is -0.338. The standard InChI is InChI=1S/C17H21N5O4/c1-11-12(4-5-14(24)20-15-13(23)3-2-6-18-15)16(25)21-17(19-11)22-7-9-26-10-8-22/h2-3,6,23H,4-5,7-10H2,1H3,(H,18,20,24)(H,19,21,25). The van der Waals surface area contributed by atoms with Gasteiger partial charge in [-0.25, -0.2) is 9.97 Å². The molecular formula is C17H21N5O4. The molecule has 0 radical (unpaired) electrons. The first-order valence-corrected chi connectivity index (χ1v) is 8.41. The number of carbonyl (C=O) groups is 1. The second kappa shape index (κ2) is 7.96. The van der Waals surface area contributed by atoms with Crippen LogP contribution in [0.3, 0.4) is 0 Å². The first kappa shape index (κ1) is 17.9. The summed E-state index contributed by atoms with van der Waals surface area (Å²) in [6, 6.07) is 3.00. The van der Waals surface area contributed by atoms with E-state index >= 15 is 0 Å². The molecule has 3 rings (SSSR count). The van der Waals surface area contributed by atoms with E-state index in [2.05, 4.69) is 20.3 Å². The number of aryl methyl sites for hydroxylation is 1. The molecule has 9 heteroatoms. The van der Waals surface area contributed by atoms with Crippen molar-refractivity contribution in [1.82, 2.24) is 15.0 Å². The number of ether oxygens (including phenoxy) is 1. The van der Waals surface area contributed by atoms with Crippen molar-refractivity contribution in [2.75, 3.05) is 36.5 Å². The van der Waals surface area contributed by atoms with Crippen LogP contribution in [0.5, 0.6) is 5.75 Å². The first-order chi connectivity index (χ1) is 12.5. The highest BCUT2D eigenvalue weighted by Crippen LogP contribution is 2.18. The third-order valence-corrected chi connectivity index (χ3v) is 4.17. The smallest absolute Gasteiger partial charge is 0.255 e. The number of hydrogen-bond donors (Lipinski definition) is 3. The Hall–Kier alpha value is -2.94. The van der Waals surface area contributed by atoms with Gasteiger partial charge in [0.05, 0.1) is 13.2 Å². The van der Waals surface area contributed by atoms with Gasteiger partial charge in [-0.15, -0.1) is 0 Å². The van der Waals surface area contributed by atoms with Crippen molar-refractivity contribution in [3.8, 4) is 5.75 Å². The van der Waals surface area contributed by atoms with Crippen LogP contribution in [0.25, 0.3) is 0 Å². The quantitative estimate of drug-likeness (QED) is 0.714. The molecular weight excluding hydrogens is 338 g/mol. The van der Waals surface area contributed by atoms with Gasteiger partial charge < -0.3 is 20.1 Å². The molecule has 0 atom stereocenters. The van der Waals surface area contributed by atoms with Crippen molar-refractivity contribution >= 4 is 17.7 Å². The third kappa shape index (κ3) is 4.17. The zero-order chi connectivity index (χ0) is 18.5. The van der Waals surface area contributed by atoms with E-state index in [1.807, 2.05) is 4.90 Å². The van der Waals surface area contributed by atoms with Crippen molar-refractivity contribution in [3.63, 3.8) is 0 Å². The first-order valence-electron chi connectivity index (χ1n) is 8.41. The molecule has 0 aliphatic carbocycles.